The minimum Gasteiger partial charge on any atom is -0.508 e. The lowest BCUT2D eigenvalue weighted by molar-refractivity contribution is -0.179. The number of phenols is 1. The van der Waals surface area contributed by atoms with Crippen molar-refractivity contribution < 1.29 is 43.6 Å². The molecule has 4 aliphatic heterocycles. The van der Waals surface area contributed by atoms with E-state index in [4.69, 9.17) is 14.2 Å². The molecule has 0 bridgehead atoms. The molecule has 9 rings (SSSR count). The van der Waals surface area contributed by atoms with Crippen molar-refractivity contribution in [1.82, 2.24) is 9.80 Å². The molecule has 1 saturated carbocycles. The Kier molecular flexibility index (Phi) is 12.8. The Morgan fingerprint density at radius 1 is 0.754 bits per heavy atom. The Hall–Kier alpha value is -6.00. The van der Waals surface area contributed by atoms with Crippen LogP contribution in [0.25, 0.3) is 0 Å². The van der Waals surface area contributed by atoms with E-state index in [0.717, 1.165) is 73.8 Å². The molecule has 338 valence electrons. The lowest BCUT2D eigenvalue weighted by Crippen LogP contribution is -2.56. The first-order chi connectivity index (χ1) is 31.7. The maximum atomic E-state index is 16.4. The summed E-state index contributed by atoms with van der Waals surface area (Å²) >= 11 is 0. The van der Waals surface area contributed by atoms with Crippen molar-refractivity contribution in [1.29, 1.82) is 0 Å². The molecule has 3 saturated heterocycles. The minimum atomic E-state index is -1.97. The quantitative estimate of drug-likeness (QED) is 0.0809. The van der Waals surface area contributed by atoms with Gasteiger partial charge in [0.1, 0.15) is 35.5 Å². The highest BCUT2D eigenvalue weighted by Gasteiger charge is 2.76. The number of esters is 1. The second kappa shape index (κ2) is 18.8. The van der Waals surface area contributed by atoms with Crippen molar-refractivity contribution in [2.24, 2.45) is 5.92 Å². The van der Waals surface area contributed by atoms with E-state index in [0.29, 0.717) is 42.6 Å². The molecule has 1 aliphatic carbocycles. The summed E-state index contributed by atoms with van der Waals surface area (Å²) in [7, 11) is 1.48. The van der Waals surface area contributed by atoms with Crippen molar-refractivity contribution >= 4 is 29.6 Å². The molecule has 1 spiro atoms. The number of carbonyl (C=O) groups is 4. The van der Waals surface area contributed by atoms with Gasteiger partial charge in [-0.25, -0.2) is 9.69 Å². The van der Waals surface area contributed by atoms with Gasteiger partial charge in [-0.15, -0.1) is 0 Å². The van der Waals surface area contributed by atoms with E-state index >= 15 is 14.4 Å². The van der Waals surface area contributed by atoms with Crippen LogP contribution in [0, 0.1) is 17.8 Å². The normalized spacial score (nSPS) is 26.5. The number of cyclic esters (lactones) is 1. The van der Waals surface area contributed by atoms with Gasteiger partial charge in [0.05, 0.1) is 30.3 Å². The number of anilines is 1. The van der Waals surface area contributed by atoms with E-state index in [1.54, 1.807) is 35.2 Å². The largest absolute Gasteiger partial charge is 0.508 e. The van der Waals surface area contributed by atoms with Gasteiger partial charge in [-0.2, -0.15) is 0 Å². The van der Waals surface area contributed by atoms with Gasteiger partial charge < -0.3 is 29.3 Å². The lowest BCUT2D eigenvalue weighted by Gasteiger charge is -2.46. The molecule has 4 aromatic carbocycles. The third kappa shape index (κ3) is 8.19. The molecule has 4 fully saturated rings. The van der Waals surface area contributed by atoms with Gasteiger partial charge >= 0.3 is 12.1 Å². The summed E-state index contributed by atoms with van der Waals surface area (Å²) in [5.41, 5.74) is -0.114. The number of carbonyl (C=O) groups excluding carboxylic acids is 4. The molecule has 12 heteroatoms. The first kappa shape index (κ1) is 44.2. The Morgan fingerprint density at radius 2 is 1.38 bits per heavy atom. The second-order valence-electron chi connectivity index (χ2n) is 18.1. The van der Waals surface area contributed by atoms with Crippen LogP contribution in [0.3, 0.4) is 0 Å². The van der Waals surface area contributed by atoms with Crippen LogP contribution in [0.1, 0.15) is 117 Å². The Bertz CT molecular complexity index is 2430. The SMILES string of the molecule is COCCOC(=O)N1C(=O)[C@@]2(c3cc(C#CC4(O)CCCCCC4)ccc31)[C@H](C(=O)N1CCCCCCC1)[C@H]1C(=O)O[C@H](c3ccccc3)[C@H](c3ccccc3)N1[C@@H]2c1ccc(O)cc1. The molecule has 12 nitrogen and oxygen atoms in total. The number of rotatable bonds is 7. The van der Waals surface area contributed by atoms with Gasteiger partial charge in [-0.3, -0.25) is 19.3 Å². The summed E-state index contributed by atoms with van der Waals surface area (Å²) in [5.74, 6) is 3.22. The molecule has 5 aliphatic rings. The van der Waals surface area contributed by atoms with E-state index in [2.05, 4.69) is 11.8 Å². The topological polar surface area (TPSA) is 146 Å². The van der Waals surface area contributed by atoms with Crippen LogP contribution in [-0.2, 0) is 34.0 Å². The van der Waals surface area contributed by atoms with E-state index < -0.39 is 59.1 Å². The highest BCUT2D eigenvalue weighted by molar-refractivity contribution is 6.23. The summed E-state index contributed by atoms with van der Waals surface area (Å²) in [5, 5.41) is 22.4. The number of methoxy groups -OCH3 is 1. The molecule has 0 radical (unpaired) electrons. The predicted molar refractivity (Wildman–Crippen MR) is 242 cm³/mol. The van der Waals surface area contributed by atoms with Crippen LogP contribution in [0.15, 0.2) is 103 Å². The Morgan fingerprint density at radius 3 is 2.05 bits per heavy atom. The molecular weight excluding hydrogens is 823 g/mol. The Balaban J connectivity index is 1.34. The number of benzene rings is 4. The van der Waals surface area contributed by atoms with Gasteiger partial charge in [0.15, 0.2) is 0 Å². The molecule has 2 N–H and O–H groups in total. The average molecular weight is 880 g/mol. The van der Waals surface area contributed by atoms with Gasteiger partial charge in [0.2, 0.25) is 11.8 Å². The van der Waals surface area contributed by atoms with Crippen LogP contribution in [0.4, 0.5) is 10.5 Å². The van der Waals surface area contributed by atoms with Crippen molar-refractivity contribution in [3.63, 3.8) is 0 Å². The second-order valence-corrected chi connectivity index (χ2v) is 18.1. The maximum Gasteiger partial charge on any atom is 0.421 e. The fourth-order valence-electron chi connectivity index (χ4n) is 11.2. The van der Waals surface area contributed by atoms with E-state index in [1.807, 2.05) is 65.6 Å². The number of nitrogens with zero attached hydrogens (tertiary/aromatic N) is 3. The van der Waals surface area contributed by atoms with Crippen LogP contribution >= 0.6 is 0 Å². The molecule has 4 heterocycles. The summed E-state index contributed by atoms with van der Waals surface area (Å²) < 4.78 is 17.5. The zero-order chi connectivity index (χ0) is 45.1. The monoisotopic (exact) mass is 879 g/mol. The predicted octanol–water partition coefficient (Wildman–Crippen LogP) is 8.07. The summed E-state index contributed by atoms with van der Waals surface area (Å²) in [4.78, 5) is 67.2. The van der Waals surface area contributed by atoms with Crippen LogP contribution in [0.5, 0.6) is 5.75 Å². The van der Waals surface area contributed by atoms with E-state index in [-0.39, 0.29) is 30.6 Å². The number of aromatic hydroxyl groups is 1. The number of morpholine rings is 1. The smallest absolute Gasteiger partial charge is 0.421 e. The molecule has 6 atom stereocenters. The van der Waals surface area contributed by atoms with Crippen LogP contribution in [0.2, 0.25) is 0 Å². The average Bonchev–Trinajstić information content (AvgIpc) is 3.64. The summed E-state index contributed by atoms with van der Waals surface area (Å²) in [6.07, 6.45) is 7.38. The maximum absolute atomic E-state index is 16.4. The van der Waals surface area contributed by atoms with Crippen LogP contribution in [-0.4, -0.2) is 88.9 Å². The van der Waals surface area contributed by atoms with Gasteiger partial charge in [-0.1, -0.05) is 117 Å². The summed E-state index contributed by atoms with van der Waals surface area (Å²) in [6, 6.07) is 27.6. The van der Waals surface area contributed by atoms with Gasteiger partial charge in [0, 0.05) is 25.8 Å². The van der Waals surface area contributed by atoms with Crippen molar-refractivity contribution in [2.45, 2.75) is 106 Å². The molecule has 0 unspecified atom stereocenters. The number of fused-ring (bicyclic) bond motifs is 3. The number of imide groups is 1. The number of amides is 3. The molecule has 4 aromatic rings. The van der Waals surface area contributed by atoms with E-state index in [9.17, 15) is 15.0 Å². The fourth-order valence-corrected chi connectivity index (χ4v) is 11.2. The van der Waals surface area contributed by atoms with Gasteiger partial charge in [-0.05, 0) is 91.1 Å². The zero-order valence-corrected chi connectivity index (χ0v) is 36.9. The Labute approximate surface area is 380 Å². The highest BCUT2D eigenvalue weighted by atomic mass is 16.6. The number of phenolic OH excluding ortho intramolecular Hbond substituents is 1. The third-order valence-electron chi connectivity index (χ3n) is 14.2. The third-order valence-corrected chi connectivity index (χ3v) is 14.2. The van der Waals surface area contributed by atoms with Crippen molar-refractivity contribution in [2.75, 3.05) is 38.3 Å². The van der Waals surface area contributed by atoms with Crippen LogP contribution < -0.4 is 4.90 Å². The number of likely N-dealkylation sites (tertiary alicyclic amines) is 1. The summed E-state index contributed by atoms with van der Waals surface area (Å²) in [6.45, 7) is 0.799. The lowest BCUT2D eigenvalue weighted by atomic mass is 9.64. The molecule has 65 heavy (non-hydrogen) atoms. The first-order valence-electron chi connectivity index (χ1n) is 23.2. The molecule has 3 amide bonds. The van der Waals surface area contributed by atoms with Crippen molar-refractivity contribution in [3.8, 4) is 17.6 Å². The van der Waals surface area contributed by atoms with Gasteiger partial charge in [0.25, 0.3) is 0 Å². The number of ether oxygens (including phenoxy) is 3. The number of aliphatic hydroxyl groups is 1. The fraction of sp³-hybridized carbons (Fsp3) is 0.434. The highest BCUT2D eigenvalue weighted by Crippen LogP contribution is 2.66. The molecule has 0 aromatic heterocycles. The minimum absolute atomic E-state index is 0.0130. The van der Waals surface area contributed by atoms with Crippen molar-refractivity contribution in [3.05, 3.63) is 131 Å². The zero-order valence-electron chi connectivity index (χ0n) is 36.9. The molecular formula is C53H57N3O9. The number of hydrogen-bond acceptors (Lipinski definition) is 10. The number of hydrogen-bond donors (Lipinski definition) is 2. The van der Waals surface area contributed by atoms with E-state index in [1.165, 1.54) is 19.2 Å². The first-order valence-corrected chi connectivity index (χ1v) is 23.2. The standard InChI is InChI=1S/C53H57N3O9/c1-63-33-34-64-51(61)55-42-26-21-36(27-30-52(62)28-13-3-4-14-29-52)35-41(42)53(50(55)60)43(48(58)54-31-15-5-2-6-16-32-54)45-49(59)65-46(38-19-11-8-12-20-38)44(37-17-9-7-10-18-37)56(45)47(53)39-22-24-40(57)25-23-39/h7-12,17-26,35,43-47,57,62H,2-6,13-16,28-29,31-34H2,1H3/t43-,44-,45-,46+,47+,53-/m0/s1.